The van der Waals surface area contributed by atoms with Gasteiger partial charge in [0.1, 0.15) is 5.82 Å². The first-order valence-corrected chi connectivity index (χ1v) is 3.90. The second-order valence-electron chi connectivity index (χ2n) is 2.49. The molecule has 3 heteroatoms. The highest BCUT2D eigenvalue weighted by molar-refractivity contribution is 5.42. The van der Waals surface area contributed by atoms with E-state index in [1.807, 2.05) is 0 Å². The number of hydrogen-bond acceptors (Lipinski definition) is 1. The van der Waals surface area contributed by atoms with E-state index in [9.17, 15) is 9.50 Å². The van der Waals surface area contributed by atoms with E-state index in [1.54, 1.807) is 12.1 Å². The van der Waals surface area contributed by atoms with Gasteiger partial charge in [0.15, 0.2) is 0 Å². The maximum atomic E-state index is 12.4. The van der Waals surface area contributed by atoms with Crippen LogP contribution in [0.5, 0.6) is 0 Å². The second-order valence-corrected chi connectivity index (χ2v) is 2.49. The van der Waals surface area contributed by atoms with Crippen molar-refractivity contribution in [1.29, 1.82) is 0 Å². The Morgan fingerprint density at radius 1 is 1.25 bits per heavy atom. The van der Waals surface area contributed by atoms with Gasteiger partial charge in [0.05, 0.1) is 6.61 Å². The summed E-state index contributed by atoms with van der Waals surface area (Å²) in [4.78, 5) is 0. The fraction of sp³-hybridized carbons (Fsp3) is 0.333. The van der Waals surface area contributed by atoms with Gasteiger partial charge >= 0.3 is 0 Å². The van der Waals surface area contributed by atoms with E-state index in [1.165, 1.54) is 12.1 Å². The molecule has 0 aliphatic rings. The Morgan fingerprint density at radius 3 is 2.50 bits per heavy atom. The Kier molecular flexibility index (Phi) is 3.54. The molecule has 0 saturated heterocycles. The van der Waals surface area contributed by atoms with Crippen LogP contribution in [0.4, 0.5) is 10.1 Å². The van der Waals surface area contributed by atoms with Gasteiger partial charge in [-0.25, -0.2) is 9.50 Å². The number of hydrogen-bond donors (Lipinski definition) is 1. The van der Waals surface area contributed by atoms with Crippen molar-refractivity contribution >= 4 is 5.69 Å². The van der Waals surface area contributed by atoms with Crippen LogP contribution in [-0.4, -0.2) is 13.2 Å². The molecule has 0 aliphatic heterocycles. The lowest BCUT2D eigenvalue weighted by molar-refractivity contribution is 0.192. The molecule has 0 aromatic heterocycles. The summed E-state index contributed by atoms with van der Waals surface area (Å²) in [7, 11) is 0. The molecule has 0 heterocycles. The average Bonchev–Trinajstić information content (AvgIpc) is 2.09. The quantitative estimate of drug-likeness (QED) is 0.685. The van der Waals surface area contributed by atoms with Crippen LogP contribution in [-0.2, 0) is 5.11 Å². The van der Waals surface area contributed by atoms with Gasteiger partial charge in [-0.05, 0) is 30.7 Å². The highest BCUT2D eigenvalue weighted by Crippen LogP contribution is 2.07. The molecule has 0 aliphatic carbocycles. The summed E-state index contributed by atoms with van der Waals surface area (Å²) in [6, 6.07) is 6.08. The first-order valence-electron chi connectivity index (χ1n) is 3.90. The molecular formula is C9H11FNO. The Bertz CT molecular complexity index is 222. The highest BCUT2D eigenvalue weighted by Gasteiger charge is 1.91. The minimum absolute atomic E-state index is 0.0752. The zero-order valence-electron chi connectivity index (χ0n) is 6.72. The first-order chi connectivity index (χ1) is 5.83. The van der Waals surface area contributed by atoms with Crippen molar-refractivity contribution in [2.45, 2.75) is 6.42 Å². The van der Waals surface area contributed by atoms with Gasteiger partial charge in [0.25, 0.3) is 0 Å². The lowest BCUT2D eigenvalue weighted by Crippen LogP contribution is -2.02. The average molecular weight is 168 g/mol. The summed E-state index contributed by atoms with van der Waals surface area (Å²) in [6.07, 6.45) is 0.595. The molecule has 0 atom stereocenters. The van der Waals surface area contributed by atoms with Gasteiger partial charge < -0.3 is 5.32 Å². The van der Waals surface area contributed by atoms with Crippen LogP contribution in [0.1, 0.15) is 6.42 Å². The zero-order valence-corrected chi connectivity index (χ0v) is 6.72. The topological polar surface area (TPSA) is 31.9 Å². The van der Waals surface area contributed by atoms with Gasteiger partial charge in [0, 0.05) is 12.2 Å². The predicted octanol–water partition coefficient (Wildman–Crippen LogP) is 2.06. The highest BCUT2D eigenvalue weighted by atomic mass is 19.1. The van der Waals surface area contributed by atoms with Gasteiger partial charge in [-0.1, -0.05) is 0 Å². The summed E-state index contributed by atoms with van der Waals surface area (Å²) >= 11 is 0. The lowest BCUT2D eigenvalue weighted by atomic mass is 10.3. The van der Waals surface area contributed by atoms with Gasteiger partial charge in [-0.2, -0.15) is 0 Å². The van der Waals surface area contributed by atoms with Crippen LogP contribution in [0.2, 0.25) is 0 Å². The van der Waals surface area contributed by atoms with Gasteiger partial charge in [0.2, 0.25) is 0 Å². The molecule has 12 heavy (non-hydrogen) atoms. The minimum Gasteiger partial charge on any atom is -0.385 e. The molecular weight excluding hydrogens is 157 g/mol. The zero-order chi connectivity index (χ0) is 8.81. The number of anilines is 1. The SMILES string of the molecule is [O]CCCNc1ccc(F)cc1. The van der Waals surface area contributed by atoms with Crippen molar-refractivity contribution in [3.05, 3.63) is 30.1 Å². The number of halogens is 1. The van der Waals surface area contributed by atoms with Crippen LogP contribution < -0.4 is 5.32 Å². The second kappa shape index (κ2) is 4.72. The molecule has 0 unspecified atom stereocenters. The first kappa shape index (κ1) is 9.00. The molecule has 0 bridgehead atoms. The molecule has 1 N–H and O–H groups in total. The van der Waals surface area contributed by atoms with E-state index in [2.05, 4.69) is 5.32 Å². The van der Waals surface area contributed by atoms with Crippen molar-refractivity contribution in [3.8, 4) is 0 Å². The van der Waals surface area contributed by atoms with Crippen molar-refractivity contribution in [3.63, 3.8) is 0 Å². The fourth-order valence-corrected chi connectivity index (χ4v) is 0.873. The van der Waals surface area contributed by atoms with E-state index in [0.717, 1.165) is 5.69 Å². The smallest absolute Gasteiger partial charge is 0.123 e. The number of nitrogens with one attached hydrogen (secondary N) is 1. The van der Waals surface area contributed by atoms with Crippen LogP contribution in [0, 0.1) is 5.82 Å². The van der Waals surface area contributed by atoms with Crippen LogP contribution in [0.3, 0.4) is 0 Å². The third-order valence-corrected chi connectivity index (χ3v) is 1.49. The summed E-state index contributed by atoms with van der Waals surface area (Å²) in [6.45, 7) is 0.573. The standard InChI is InChI=1S/C9H11FNO/c10-8-2-4-9(5-3-8)11-6-1-7-12/h2-5,11H,1,6-7H2. The molecule has 65 valence electrons. The van der Waals surface area contributed by atoms with Crippen molar-refractivity contribution in [2.75, 3.05) is 18.5 Å². The van der Waals surface area contributed by atoms with Crippen LogP contribution >= 0.6 is 0 Å². The third-order valence-electron chi connectivity index (χ3n) is 1.49. The summed E-state index contributed by atoms with van der Waals surface area (Å²) in [5.41, 5.74) is 0.852. The molecule has 0 amide bonds. The Balaban J connectivity index is 2.37. The van der Waals surface area contributed by atoms with E-state index >= 15 is 0 Å². The summed E-state index contributed by atoms with van der Waals surface area (Å²) in [5.74, 6) is -0.246. The molecule has 1 radical (unpaired) electrons. The van der Waals surface area contributed by atoms with E-state index in [4.69, 9.17) is 0 Å². The minimum atomic E-state index is -0.246. The van der Waals surface area contributed by atoms with E-state index in [-0.39, 0.29) is 12.4 Å². The van der Waals surface area contributed by atoms with Crippen LogP contribution in [0.25, 0.3) is 0 Å². The van der Waals surface area contributed by atoms with Crippen molar-refractivity contribution < 1.29 is 9.50 Å². The Labute approximate surface area is 71.0 Å². The van der Waals surface area contributed by atoms with E-state index < -0.39 is 0 Å². The maximum absolute atomic E-state index is 12.4. The normalized spacial score (nSPS) is 9.83. The molecule has 1 aromatic rings. The van der Waals surface area contributed by atoms with Gasteiger partial charge in [-0.3, -0.25) is 0 Å². The number of rotatable bonds is 4. The molecule has 2 nitrogen and oxygen atoms in total. The third kappa shape index (κ3) is 2.88. The number of benzene rings is 1. The molecule has 0 spiro atoms. The Morgan fingerprint density at radius 2 is 1.92 bits per heavy atom. The summed E-state index contributed by atoms with van der Waals surface area (Å²) in [5, 5.41) is 13.1. The molecule has 0 saturated carbocycles. The van der Waals surface area contributed by atoms with Gasteiger partial charge in [-0.15, -0.1) is 0 Å². The summed E-state index contributed by atoms with van der Waals surface area (Å²) < 4.78 is 12.4. The Hall–Kier alpha value is -1.09. The van der Waals surface area contributed by atoms with E-state index in [0.29, 0.717) is 13.0 Å². The molecule has 0 fully saturated rings. The maximum Gasteiger partial charge on any atom is 0.123 e. The molecule has 1 rings (SSSR count). The largest absolute Gasteiger partial charge is 0.385 e. The van der Waals surface area contributed by atoms with Crippen molar-refractivity contribution in [1.82, 2.24) is 0 Å². The fourth-order valence-electron chi connectivity index (χ4n) is 0.873. The lowest BCUT2D eigenvalue weighted by Gasteiger charge is -2.03. The molecule has 1 aromatic carbocycles. The van der Waals surface area contributed by atoms with Crippen LogP contribution in [0.15, 0.2) is 24.3 Å². The van der Waals surface area contributed by atoms with Crippen molar-refractivity contribution in [2.24, 2.45) is 0 Å². The predicted molar refractivity (Wildman–Crippen MR) is 45.1 cm³/mol. The monoisotopic (exact) mass is 168 g/mol.